The number of amides is 1. The van der Waals surface area contributed by atoms with Crippen LogP contribution in [0.5, 0.6) is 0 Å². The Morgan fingerprint density at radius 1 is 1.28 bits per heavy atom. The maximum Gasteiger partial charge on any atom is 0.236 e. The van der Waals surface area contributed by atoms with E-state index in [1.165, 1.54) is 5.56 Å². The molecule has 1 aliphatic rings. The van der Waals surface area contributed by atoms with E-state index in [0.717, 1.165) is 35.7 Å². The lowest BCUT2D eigenvalue weighted by Crippen LogP contribution is -2.32. The summed E-state index contributed by atoms with van der Waals surface area (Å²) in [5, 5.41) is 1.99. The molecular weight excluding hydrogens is 332 g/mol. The Bertz CT molecular complexity index is 855. The molecule has 1 fully saturated rings. The van der Waals surface area contributed by atoms with Gasteiger partial charge in [-0.25, -0.2) is 4.98 Å². The summed E-state index contributed by atoms with van der Waals surface area (Å²) < 4.78 is 5.76. The minimum absolute atomic E-state index is 0.125. The fourth-order valence-electron chi connectivity index (χ4n) is 3.43. The minimum atomic E-state index is 0.125. The van der Waals surface area contributed by atoms with Crippen molar-refractivity contribution in [1.82, 2.24) is 9.88 Å². The predicted molar refractivity (Wildman–Crippen MR) is 98.4 cm³/mol. The molecule has 0 radical (unpaired) electrons. The molecule has 0 saturated carbocycles. The molecule has 0 aliphatic carbocycles. The molecule has 1 aromatic carbocycles. The predicted octanol–water partition coefficient (Wildman–Crippen LogP) is 4.62. The van der Waals surface area contributed by atoms with E-state index in [1.807, 2.05) is 47.5 Å². The van der Waals surface area contributed by atoms with Crippen molar-refractivity contribution in [3.05, 3.63) is 64.9 Å². The van der Waals surface area contributed by atoms with Crippen LogP contribution >= 0.6 is 11.3 Å². The fraction of sp³-hybridized carbons (Fsp3) is 0.300. The van der Waals surface area contributed by atoms with E-state index >= 15 is 0 Å². The van der Waals surface area contributed by atoms with Crippen LogP contribution in [0.1, 0.15) is 35.9 Å². The van der Waals surface area contributed by atoms with Gasteiger partial charge in [-0.1, -0.05) is 36.4 Å². The van der Waals surface area contributed by atoms with Gasteiger partial charge in [-0.15, -0.1) is 11.3 Å². The number of carbonyl (C=O) groups excluding carboxylic acids is 1. The van der Waals surface area contributed by atoms with Crippen molar-refractivity contribution in [2.75, 3.05) is 6.54 Å². The van der Waals surface area contributed by atoms with E-state index in [-0.39, 0.29) is 11.9 Å². The van der Waals surface area contributed by atoms with E-state index in [0.29, 0.717) is 12.3 Å². The molecule has 4 rings (SSSR count). The van der Waals surface area contributed by atoms with Crippen molar-refractivity contribution in [3.63, 3.8) is 0 Å². The first kappa shape index (κ1) is 16.1. The molecule has 0 spiro atoms. The molecule has 0 bridgehead atoms. The first-order valence-electron chi connectivity index (χ1n) is 8.57. The van der Waals surface area contributed by atoms with Crippen LogP contribution < -0.4 is 0 Å². The zero-order valence-electron chi connectivity index (χ0n) is 14.1. The lowest BCUT2D eigenvalue weighted by molar-refractivity contribution is -0.131. The van der Waals surface area contributed by atoms with Gasteiger partial charge in [-0.3, -0.25) is 4.79 Å². The van der Waals surface area contributed by atoms with E-state index in [4.69, 9.17) is 4.42 Å². The van der Waals surface area contributed by atoms with Crippen LogP contribution in [0.2, 0.25) is 0 Å². The van der Waals surface area contributed by atoms with Gasteiger partial charge in [0.15, 0.2) is 0 Å². The Balaban J connectivity index is 1.52. The number of hydrogen-bond acceptors (Lipinski definition) is 4. The number of thiophene rings is 1. The SMILES string of the molecule is Cc1oc(-c2cccs2)nc1CC(=O)N1CCC[C@H]1c1ccccc1. The first-order valence-corrected chi connectivity index (χ1v) is 9.45. The maximum atomic E-state index is 12.9. The standard InChI is InChI=1S/C20H20N2O2S/c1-14-16(21-20(24-14)18-10-6-12-25-18)13-19(23)22-11-5-9-17(22)15-7-3-2-4-8-15/h2-4,6-8,10,12,17H,5,9,11,13H2,1H3/t17-/m0/s1. The lowest BCUT2D eigenvalue weighted by atomic mass is 10.0. The average molecular weight is 352 g/mol. The van der Waals surface area contributed by atoms with Crippen molar-refractivity contribution in [2.45, 2.75) is 32.2 Å². The van der Waals surface area contributed by atoms with Crippen molar-refractivity contribution >= 4 is 17.2 Å². The summed E-state index contributed by atoms with van der Waals surface area (Å²) in [6.07, 6.45) is 2.36. The van der Waals surface area contributed by atoms with Crippen LogP contribution in [0.15, 0.2) is 52.3 Å². The molecule has 128 valence electrons. The molecule has 0 N–H and O–H groups in total. The number of aromatic nitrogens is 1. The fourth-order valence-corrected chi connectivity index (χ4v) is 4.08. The van der Waals surface area contributed by atoms with E-state index < -0.39 is 0 Å². The number of nitrogens with zero attached hydrogens (tertiary/aromatic N) is 2. The van der Waals surface area contributed by atoms with Crippen molar-refractivity contribution in [2.24, 2.45) is 0 Å². The summed E-state index contributed by atoms with van der Waals surface area (Å²) in [7, 11) is 0. The second kappa shape index (κ2) is 6.84. The quantitative estimate of drug-likeness (QED) is 0.688. The number of carbonyl (C=O) groups is 1. The zero-order valence-corrected chi connectivity index (χ0v) is 15.0. The van der Waals surface area contributed by atoms with Crippen LogP contribution in [-0.2, 0) is 11.2 Å². The Morgan fingerprint density at radius 2 is 2.12 bits per heavy atom. The van der Waals surface area contributed by atoms with E-state index in [9.17, 15) is 4.79 Å². The van der Waals surface area contributed by atoms with Gasteiger partial charge in [0.1, 0.15) is 5.76 Å². The molecular formula is C20H20N2O2S. The van der Waals surface area contributed by atoms with Crippen LogP contribution in [-0.4, -0.2) is 22.3 Å². The number of oxazole rings is 1. The molecule has 5 heteroatoms. The van der Waals surface area contributed by atoms with Gasteiger partial charge in [0.2, 0.25) is 11.8 Å². The van der Waals surface area contributed by atoms with Gasteiger partial charge in [0.05, 0.1) is 23.0 Å². The van der Waals surface area contributed by atoms with Crippen molar-refractivity contribution in [1.29, 1.82) is 0 Å². The lowest BCUT2D eigenvalue weighted by Gasteiger charge is -2.25. The van der Waals surface area contributed by atoms with Crippen LogP contribution in [0.4, 0.5) is 0 Å². The largest absolute Gasteiger partial charge is 0.440 e. The molecule has 3 aromatic rings. The number of benzene rings is 1. The number of aryl methyl sites for hydroxylation is 1. The number of rotatable bonds is 4. The minimum Gasteiger partial charge on any atom is -0.440 e. The zero-order chi connectivity index (χ0) is 17.2. The number of likely N-dealkylation sites (tertiary alicyclic amines) is 1. The molecule has 1 saturated heterocycles. The van der Waals surface area contributed by atoms with Crippen LogP contribution in [0, 0.1) is 6.92 Å². The number of hydrogen-bond donors (Lipinski definition) is 0. The van der Waals surface area contributed by atoms with E-state index in [2.05, 4.69) is 17.1 Å². The van der Waals surface area contributed by atoms with Gasteiger partial charge < -0.3 is 9.32 Å². The summed E-state index contributed by atoms with van der Waals surface area (Å²) in [5.74, 6) is 1.46. The second-order valence-corrected chi connectivity index (χ2v) is 7.28. The highest BCUT2D eigenvalue weighted by Crippen LogP contribution is 2.33. The Morgan fingerprint density at radius 3 is 2.88 bits per heavy atom. The second-order valence-electron chi connectivity index (χ2n) is 6.33. The highest BCUT2D eigenvalue weighted by molar-refractivity contribution is 7.13. The third-order valence-electron chi connectivity index (χ3n) is 4.70. The summed E-state index contributed by atoms with van der Waals surface area (Å²) >= 11 is 1.59. The molecule has 1 atom stereocenters. The summed E-state index contributed by atoms with van der Waals surface area (Å²) in [6.45, 7) is 2.69. The molecule has 2 aromatic heterocycles. The molecule has 4 nitrogen and oxygen atoms in total. The highest BCUT2D eigenvalue weighted by Gasteiger charge is 2.30. The van der Waals surface area contributed by atoms with Gasteiger partial charge in [-0.05, 0) is 36.8 Å². The average Bonchev–Trinajstić information content (AvgIpc) is 3.37. The summed E-state index contributed by atoms with van der Waals surface area (Å²) in [5.41, 5.74) is 1.96. The van der Waals surface area contributed by atoms with E-state index in [1.54, 1.807) is 11.3 Å². The highest BCUT2D eigenvalue weighted by atomic mass is 32.1. The summed E-state index contributed by atoms with van der Waals surface area (Å²) in [6, 6.07) is 14.4. The molecule has 1 amide bonds. The summed E-state index contributed by atoms with van der Waals surface area (Å²) in [4.78, 5) is 20.4. The molecule has 1 aliphatic heterocycles. The first-order chi connectivity index (χ1) is 12.2. The maximum absolute atomic E-state index is 12.9. The Hall–Kier alpha value is -2.40. The Labute approximate surface area is 151 Å². The van der Waals surface area contributed by atoms with Crippen LogP contribution in [0.3, 0.4) is 0 Å². The van der Waals surface area contributed by atoms with Gasteiger partial charge in [0, 0.05) is 6.54 Å². The third kappa shape index (κ3) is 3.24. The molecule has 25 heavy (non-hydrogen) atoms. The van der Waals surface area contributed by atoms with Gasteiger partial charge in [0.25, 0.3) is 0 Å². The smallest absolute Gasteiger partial charge is 0.236 e. The van der Waals surface area contributed by atoms with Crippen molar-refractivity contribution < 1.29 is 9.21 Å². The van der Waals surface area contributed by atoms with Crippen molar-refractivity contribution in [3.8, 4) is 10.8 Å². The molecule has 3 heterocycles. The third-order valence-corrected chi connectivity index (χ3v) is 5.56. The monoisotopic (exact) mass is 352 g/mol. The van der Waals surface area contributed by atoms with Crippen LogP contribution in [0.25, 0.3) is 10.8 Å². The van der Waals surface area contributed by atoms with Gasteiger partial charge >= 0.3 is 0 Å². The topological polar surface area (TPSA) is 46.3 Å². The molecule has 0 unspecified atom stereocenters. The van der Waals surface area contributed by atoms with Gasteiger partial charge in [-0.2, -0.15) is 0 Å². The normalized spacial score (nSPS) is 17.2. The Kier molecular flexibility index (Phi) is 4.40.